The molecule has 0 spiro atoms. The van der Waals surface area contributed by atoms with Crippen LogP contribution < -0.4 is 5.32 Å². The molecule has 2 N–H and O–H groups in total. The van der Waals surface area contributed by atoms with Crippen molar-refractivity contribution in [3.63, 3.8) is 0 Å². The predicted molar refractivity (Wildman–Crippen MR) is 80.3 cm³/mol. The van der Waals surface area contributed by atoms with Crippen LogP contribution in [0.25, 0.3) is 0 Å². The van der Waals surface area contributed by atoms with Gasteiger partial charge in [-0.05, 0) is 63.8 Å². The number of rotatable bonds is 8. The van der Waals surface area contributed by atoms with Crippen LogP contribution >= 0.6 is 0 Å². The number of hydrogen-bond acceptors (Lipinski definition) is 3. The molecule has 0 aromatic carbocycles. The Balaban J connectivity index is 1.86. The van der Waals surface area contributed by atoms with E-state index in [1.54, 1.807) is 0 Å². The van der Waals surface area contributed by atoms with E-state index in [9.17, 15) is 0 Å². The Labute approximate surface area is 118 Å². The first-order valence-electron chi connectivity index (χ1n) is 8.32. The molecule has 3 heteroatoms. The van der Waals surface area contributed by atoms with Crippen molar-refractivity contribution in [2.45, 2.75) is 64.5 Å². The summed E-state index contributed by atoms with van der Waals surface area (Å²) in [6, 6.07) is 1.43. The van der Waals surface area contributed by atoms with Crippen molar-refractivity contribution in [1.82, 2.24) is 10.2 Å². The fraction of sp³-hybridized carbons (Fsp3) is 1.00. The molecule has 19 heavy (non-hydrogen) atoms. The van der Waals surface area contributed by atoms with Crippen LogP contribution in [0.3, 0.4) is 0 Å². The summed E-state index contributed by atoms with van der Waals surface area (Å²) in [5.74, 6) is 1.74. The second-order valence-corrected chi connectivity index (χ2v) is 6.65. The lowest BCUT2D eigenvalue weighted by Crippen LogP contribution is -2.52. The lowest BCUT2D eigenvalue weighted by molar-refractivity contribution is 0.0876. The molecule has 2 aliphatic rings. The molecular formula is C16H32N2O. The average Bonchev–Trinajstić information content (AvgIpc) is 3.26. The Kier molecular flexibility index (Phi) is 6.11. The average molecular weight is 268 g/mol. The van der Waals surface area contributed by atoms with Crippen LogP contribution in [-0.4, -0.2) is 48.3 Å². The van der Waals surface area contributed by atoms with E-state index in [4.69, 9.17) is 5.11 Å². The number of aliphatic hydroxyl groups is 1. The fourth-order valence-electron chi connectivity index (χ4n) is 3.54. The monoisotopic (exact) mass is 268 g/mol. The van der Waals surface area contributed by atoms with Gasteiger partial charge >= 0.3 is 0 Å². The fourth-order valence-corrected chi connectivity index (χ4v) is 3.54. The van der Waals surface area contributed by atoms with Gasteiger partial charge < -0.3 is 10.4 Å². The van der Waals surface area contributed by atoms with E-state index < -0.39 is 0 Å². The topological polar surface area (TPSA) is 35.5 Å². The maximum absolute atomic E-state index is 9.05. The maximum Gasteiger partial charge on any atom is 0.0431 e. The molecule has 0 bridgehead atoms. The van der Waals surface area contributed by atoms with Gasteiger partial charge in [-0.25, -0.2) is 0 Å². The van der Waals surface area contributed by atoms with Crippen molar-refractivity contribution in [3.8, 4) is 0 Å². The smallest absolute Gasteiger partial charge is 0.0431 e. The van der Waals surface area contributed by atoms with E-state index >= 15 is 0 Å². The van der Waals surface area contributed by atoms with E-state index in [2.05, 4.69) is 24.1 Å². The Morgan fingerprint density at radius 1 is 1.32 bits per heavy atom. The highest BCUT2D eigenvalue weighted by Gasteiger charge is 2.36. The maximum atomic E-state index is 9.05. The minimum Gasteiger partial charge on any atom is -0.396 e. The molecule has 2 rings (SSSR count). The minimum absolute atomic E-state index is 0.349. The Hall–Kier alpha value is -0.120. The molecule has 3 nitrogen and oxygen atoms in total. The van der Waals surface area contributed by atoms with Crippen LogP contribution in [0.2, 0.25) is 0 Å². The molecular weight excluding hydrogens is 236 g/mol. The van der Waals surface area contributed by atoms with Crippen molar-refractivity contribution >= 4 is 0 Å². The molecule has 112 valence electrons. The van der Waals surface area contributed by atoms with Gasteiger partial charge in [-0.15, -0.1) is 0 Å². The number of piperidine rings is 1. The SMILES string of the molecule is CCCNC1CC(CCCO)CN(C(C)C2CC2)C1. The lowest BCUT2D eigenvalue weighted by Gasteiger charge is -2.41. The van der Waals surface area contributed by atoms with Crippen LogP contribution in [-0.2, 0) is 0 Å². The summed E-state index contributed by atoms with van der Waals surface area (Å²) in [4.78, 5) is 2.72. The van der Waals surface area contributed by atoms with Gasteiger partial charge in [0.25, 0.3) is 0 Å². The molecule has 0 amide bonds. The summed E-state index contributed by atoms with van der Waals surface area (Å²) >= 11 is 0. The van der Waals surface area contributed by atoms with Gasteiger partial charge in [-0.1, -0.05) is 6.92 Å². The van der Waals surface area contributed by atoms with Crippen molar-refractivity contribution < 1.29 is 5.11 Å². The zero-order valence-corrected chi connectivity index (χ0v) is 12.8. The molecule has 3 unspecified atom stereocenters. The second kappa shape index (κ2) is 7.61. The van der Waals surface area contributed by atoms with Crippen LogP contribution in [0.4, 0.5) is 0 Å². The van der Waals surface area contributed by atoms with Gasteiger partial charge in [0, 0.05) is 31.8 Å². The molecule has 1 saturated heterocycles. The van der Waals surface area contributed by atoms with Crippen molar-refractivity contribution in [1.29, 1.82) is 0 Å². The molecule has 3 atom stereocenters. The van der Waals surface area contributed by atoms with Crippen molar-refractivity contribution in [3.05, 3.63) is 0 Å². The first-order valence-corrected chi connectivity index (χ1v) is 8.32. The van der Waals surface area contributed by atoms with Gasteiger partial charge in [-0.2, -0.15) is 0 Å². The van der Waals surface area contributed by atoms with Crippen molar-refractivity contribution in [2.75, 3.05) is 26.2 Å². The molecule has 0 radical (unpaired) electrons. The molecule has 2 fully saturated rings. The highest BCUT2D eigenvalue weighted by Crippen LogP contribution is 2.37. The molecule has 0 aromatic heterocycles. The Morgan fingerprint density at radius 2 is 2.11 bits per heavy atom. The highest BCUT2D eigenvalue weighted by atomic mass is 16.2. The standard InChI is InChI=1S/C16H32N2O/c1-3-8-17-16-10-14(5-4-9-19)11-18(12-16)13(2)15-6-7-15/h13-17,19H,3-12H2,1-2H3. The van der Waals surface area contributed by atoms with Crippen LogP contribution in [0.1, 0.15) is 52.4 Å². The third kappa shape index (κ3) is 4.73. The van der Waals surface area contributed by atoms with E-state index in [1.807, 2.05) is 0 Å². The summed E-state index contributed by atoms with van der Waals surface area (Å²) < 4.78 is 0. The van der Waals surface area contributed by atoms with Gasteiger partial charge in [0.15, 0.2) is 0 Å². The first kappa shape index (κ1) is 15.3. The molecule has 1 aliphatic heterocycles. The van der Waals surface area contributed by atoms with Gasteiger partial charge in [0.1, 0.15) is 0 Å². The summed E-state index contributed by atoms with van der Waals surface area (Å²) in [6.07, 6.45) is 7.55. The third-order valence-electron chi connectivity index (χ3n) is 4.90. The Morgan fingerprint density at radius 3 is 2.74 bits per heavy atom. The quantitative estimate of drug-likeness (QED) is 0.709. The van der Waals surface area contributed by atoms with Crippen LogP contribution in [0.5, 0.6) is 0 Å². The molecule has 1 aliphatic carbocycles. The molecule has 1 heterocycles. The third-order valence-corrected chi connectivity index (χ3v) is 4.90. The lowest BCUT2D eigenvalue weighted by atomic mass is 9.89. The number of hydrogen-bond donors (Lipinski definition) is 2. The number of nitrogens with one attached hydrogen (secondary N) is 1. The minimum atomic E-state index is 0.349. The zero-order valence-electron chi connectivity index (χ0n) is 12.8. The van der Waals surface area contributed by atoms with Gasteiger partial charge in [-0.3, -0.25) is 4.90 Å². The Bertz CT molecular complexity index is 239. The second-order valence-electron chi connectivity index (χ2n) is 6.65. The first-order chi connectivity index (χ1) is 9.24. The van der Waals surface area contributed by atoms with E-state index in [-0.39, 0.29) is 0 Å². The largest absolute Gasteiger partial charge is 0.396 e. The number of likely N-dealkylation sites (tertiary alicyclic amines) is 1. The number of nitrogens with zero attached hydrogens (tertiary/aromatic N) is 1. The van der Waals surface area contributed by atoms with Gasteiger partial charge in [0.2, 0.25) is 0 Å². The normalized spacial score (nSPS) is 30.5. The van der Waals surface area contributed by atoms with E-state index in [1.165, 1.54) is 45.2 Å². The van der Waals surface area contributed by atoms with Crippen molar-refractivity contribution in [2.24, 2.45) is 11.8 Å². The molecule has 0 aromatic rings. The van der Waals surface area contributed by atoms with Crippen LogP contribution in [0.15, 0.2) is 0 Å². The summed E-state index contributed by atoms with van der Waals surface area (Å²) in [5.41, 5.74) is 0. The van der Waals surface area contributed by atoms with Gasteiger partial charge in [0.05, 0.1) is 0 Å². The van der Waals surface area contributed by atoms with E-state index in [0.29, 0.717) is 12.6 Å². The summed E-state index contributed by atoms with van der Waals surface area (Å²) in [5, 5.41) is 12.8. The van der Waals surface area contributed by atoms with Crippen LogP contribution in [0, 0.1) is 11.8 Å². The predicted octanol–water partition coefficient (Wildman–Crippen LogP) is 2.25. The summed E-state index contributed by atoms with van der Waals surface area (Å²) in [6.45, 7) is 8.63. The summed E-state index contributed by atoms with van der Waals surface area (Å²) in [7, 11) is 0. The number of aliphatic hydroxyl groups excluding tert-OH is 1. The molecule has 1 saturated carbocycles. The van der Waals surface area contributed by atoms with E-state index in [0.717, 1.165) is 30.8 Å². The highest BCUT2D eigenvalue weighted by molar-refractivity contribution is 4.91. The zero-order chi connectivity index (χ0) is 13.7.